The molecule has 2 aromatic carbocycles. The molecule has 5 nitrogen and oxygen atoms in total. The molecular weight excluding hydrogens is 524 g/mol. The van der Waals surface area contributed by atoms with Gasteiger partial charge in [-0.3, -0.25) is 10.2 Å². The van der Waals surface area contributed by atoms with Crippen molar-refractivity contribution in [3.05, 3.63) is 54.8 Å². The smallest absolute Gasteiger partial charge is 0.272 e. The number of aromatic nitrogens is 1. The lowest BCUT2D eigenvalue weighted by Gasteiger charge is -2.08. The Hall–Kier alpha value is -1.29. The highest BCUT2D eigenvalue weighted by atomic mass is 79.9. The molecule has 9 heteroatoms. The summed E-state index contributed by atoms with van der Waals surface area (Å²) >= 11 is 11.7. The van der Waals surface area contributed by atoms with Crippen molar-refractivity contribution in [2.45, 2.75) is 0 Å². The SMILES string of the molecule is NC(=O)C(=NNc1c(Br)cc(Br)cc1Br)c1nc2ccccc2s1. The first-order chi connectivity index (χ1) is 11.5. The number of rotatable bonds is 4. The third-order valence-corrected chi connectivity index (χ3v) is 5.77. The first-order valence-electron chi connectivity index (χ1n) is 6.59. The molecule has 1 amide bonds. The summed E-state index contributed by atoms with van der Waals surface area (Å²) in [5.41, 5.74) is 9.92. The van der Waals surface area contributed by atoms with Crippen LogP contribution in [0.25, 0.3) is 10.2 Å². The van der Waals surface area contributed by atoms with Crippen molar-refractivity contribution in [1.29, 1.82) is 0 Å². The van der Waals surface area contributed by atoms with E-state index in [2.05, 4.69) is 63.3 Å². The Morgan fingerprint density at radius 2 is 1.83 bits per heavy atom. The van der Waals surface area contributed by atoms with Crippen molar-refractivity contribution in [2.24, 2.45) is 10.8 Å². The van der Waals surface area contributed by atoms with E-state index < -0.39 is 5.91 Å². The molecule has 0 aliphatic rings. The Kier molecular flexibility index (Phi) is 5.33. The molecule has 0 aliphatic heterocycles. The molecule has 1 aromatic heterocycles. The van der Waals surface area contributed by atoms with E-state index in [1.165, 1.54) is 11.3 Å². The summed E-state index contributed by atoms with van der Waals surface area (Å²) < 4.78 is 3.42. The van der Waals surface area contributed by atoms with E-state index >= 15 is 0 Å². The van der Waals surface area contributed by atoms with Gasteiger partial charge < -0.3 is 5.73 Å². The van der Waals surface area contributed by atoms with Gasteiger partial charge in [-0.1, -0.05) is 28.1 Å². The van der Waals surface area contributed by atoms with Gasteiger partial charge in [0.05, 0.1) is 15.9 Å². The average molecular weight is 533 g/mol. The van der Waals surface area contributed by atoms with Gasteiger partial charge in [-0.05, 0) is 56.1 Å². The summed E-state index contributed by atoms with van der Waals surface area (Å²) in [4.78, 5) is 16.2. The van der Waals surface area contributed by atoms with Crippen LogP contribution < -0.4 is 11.2 Å². The molecule has 0 saturated carbocycles. The number of carbonyl (C=O) groups excluding carboxylic acids is 1. The molecule has 0 aliphatic carbocycles. The fourth-order valence-corrected chi connectivity index (χ4v) is 5.34. The van der Waals surface area contributed by atoms with Crippen LogP contribution in [-0.4, -0.2) is 16.6 Å². The van der Waals surface area contributed by atoms with Crippen molar-refractivity contribution in [2.75, 3.05) is 5.43 Å². The van der Waals surface area contributed by atoms with Crippen molar-refractivity contribution in [3.8, 4) is 0 Å². The van der Waals surface area contributed by atoms with Crippen molar-refractivity contribution in [1.82, 2.24) is 4.98 Å². The lowest BCUT2D eigenvalue weighted by Crippen LogP contribution is -2.25. The van der Waals surface area contributed by atoms with Gasteiger partial charge in [0.2, 0.25) is 0 Å². The van der Waals surface area contributed by atoms with Gasteiger partial charge in [0.1, 0.15) is 0 Å². The summed E-state index contributed by atoms with van der Waals surface area (Å²) in [6, 6.07) is 11.4. The molecule has 24 heavy (non-hydrogen) atoms. The van der Waals surface area contributed by atoms with E-state index in [4.69, 9.17) is 5.73 Å². The minimum Gasteiger partial charge on any atom is -0.364 e. The van der Waals surface area contributed by atoms with Crippen LogP contribution in [-0.2, 0) is 4.79 Å². The van der Waals surface area contributed by atoms with Gasteiger partial charge >= 0.3 is 0 Å². The molecule has 3 rings (SSSR count). The van der Waals surface area contributed by atoms with Crippen LogP contribution in [0.4, 0.5) is 5.69 Å². The number of para-hydroxylation sites is 1. The second kappa shape index (κ2) is 7.30. The monoisotopic (exact) mass is 530 g/mol. The predicted octanol–water partition coefficient (Wildman–Crippen LogP) is 4.89. The fraction of sp³-hybridized carbons (Fsp3) is 0. The number of carbonyl (C=O) groups is 1. The number of nitrogens with two attached hydrogens (primary N) is 1. The predicted molar refractivity (Wildman–Crippen MR) is 109 cm³/mol. The molecule has 0 bridgehead atoms. The van der Waals surface area contributed by atoms with Crippen LogP contribution in [0.3, 0.4) is 0 Å². The maximum absolute atomic E-state index is 11.8. The van der Waals surface area contributed by atoms with Crippen molar-refractivity contribution in [3.63, 3.8) is 0 Å². The molecule has 0 unspecified atom stereocenters. The Labute approximate surface area is 166 Å². The zero-order valence-corrected chi connectivity index (χ0v) is 17.5. The third kappa shape index (κ3) is 3.69. The number of amides is 1. The Morgan fingerprint density at radius 3 is 2.46 bits per heavy atom. The largest absolute Gasteiger partial charge is 0.364 e. The maximum atomic E-state index is 11.8. The van der Waals surface area contributed by atoms with Crippen LogP contribution in [0.1, 0.15) is 5.01 Å². The van der Waals surface area contributed by atoms with Crippen LogP contribution in [0.2, 0.25) is 0 Å². The van der Waals surface area contributed by atoms with Crippen LogP contribution in [0.15, 0.2) is 54.9 Å². The quantitative estimate of drug-likeness (QED) is 0.371. The standard InChI is InChI=1S/C15H9Br3N4OS/c16-7-5-8(17)12(9(18)6-7)21-22-13(14(19)23)15-20-10-3-1-2-4-11(10)24-15/h1-6,21H,(H2,19,23). The van der Waals surface area contributed by atoms with Gasteiger partial charge in [0.15, 0.2) is 10.7 Å². The zero-order chi connectivity index (χ0) is 17.3. The summed E-state index contributed by atoms with van der Waals surface area (Å²) in [5, 5.41) is 4.65. The number of nitrogens with one attached hydrogen (secondary N) is 1. The molecule has 122 valence electrons. The van der Waals surface area contributed by atoms with E-state index in [0.717, 1.165) is 23.6 Å². The van der Waals surface area contributed by atoms with Gasteiger partial charge in [0.25, 0.3) is 5.91 Å². The molecule has 0 atom stereocenters. The Bertz CT molecular complexity index is 914. The molecule has 0 spiro atoms. The third-order valence-electron chi connectivity index (χ3n) is 3.02. The topological polar surface area (TPSA) is 80.4 Å². The summed E-state index contributed by atoms with van der Waals surface area (Å²) in [7, 11) is 0. The first kappa shape index (κ1) is 17.5. The molecule has 1 heterocycles. The second-order valence-electron chi connectivity index (χ2n) is 4.67. The highest BCUT2D eigenvalue weighted by Gasteiger charge is 2.17. The number of nitrogens with zero attached hydrogens (tertiary/aromatic N) is 2. The second-order valence-corrected chi connectivity index (χ2v) is 8.32. The highest BCUT2D eigenvalue weighted by molar-refractivity contribution is 9.11. The lowest BCUT2D eigenvalue weighted by atomic mass is 10.3. The van der Waals surface area contributed by atoms with Gasteiger partial charge in [-0.2, -0.15) is 5.10 Å². The van der Waals surface area contributed by atoms with Crippen molar-refractivity contribution >= 4 is 86.6 Å². The summed E-state index contributed by atoms with van der Waals surface area (Å²) in [6.45, 7) is 0. The Balaban J connectivity index is 2.00. The lowest BCUT2D eigenvalue weighted by molar-refractivity contribution is -0.111. The number of halogens is 3. The molecule has 0 radical (unpaired) electrons. The molecule has 3 aromatic rings. The van der Waals surface area contributed by atoms with Gasteiger partial charge in [-0.15, -0.1) is 11.3 Å². The number of hydrazone groups is 1. The van der Waals surface area contributed by atoms with Gasteiger partial charge in [-0.25, -0.2) is 4.98 Å². The number of thiazole rings is 1. The first-order valence-corrected chi connectivity index (χ1v) is 9.79. The molecule has 0 saturated heterocycles. The number of benzene rings is 2. The number of fused-ring (bicyclic) bond motifs is 1. The summed E-state index contributed by atoms with van der Waals surface area (Å²) in [6.07, 6.45) is 0. The minimum atomic E-state index is -0.647. The maximum Gasteiger partial charge on any atom is 0.272 e. The van der Waals surface area contributed by atoms with E-state index in [9.17, 15) is 4.79 Å². The molecule has 3 N–H and O–H groups in total. The van der Waals surface area contributed by atoms with Gasteiger partial charge in [0, 0.05) is 13.4 Å². The van der Waals surface area contributed by atoms with E-state index in [1.807, 2.05) is 36.4 Å². The van der Waals surface area contributed by atoms with Crippen LogP contribution in [0, 0.1) is 0 Å². The zero-order valence-electron chi connectivity index (χ0n) is 11.9. The highest BCUT2D eigenvalue weighted by Crippen LogP contribution is 2.34. The number of primary amides is 1. The van der Waals surface area contributed by atoms with Crippen LogP contribution in [0.5, 0.6) is 0 Å². The van der Waals surface area contributed by atoms with E-state index in [1.54, 1.807) is 0 Å². The minimum absolute atomic E-state index is 0.0814. The van der Waals surface area contributed by atoms with E-state index in [-0.39, 0.29) is 5.71 Å². The Morgan fingerprint density at radius 1 is 1.17 bits per heavy atom. The van der Waals surface area contributed by atoms with Crippen LogP contribution >= 0.6 is 59.1 Å². The normalized spacial score (nSPS) is 11.7. The fourth-order valence-electron chi connectivity index (χ4n) is 1.94. The number of hydrogen-bond acceptors (Lipinski definition) is 5. The molecule has 0 fully saturated rings. The molecular formula is C15H9Br3N4OS. The number of anilines is 1. The van der Waals surface area contributed by atoms with E-state index in [0.29, 0.717) is 10.7 Å². The summed E-state index contributed by atoms with van der Waals surface area (Å²) in [5.74, 6) is -0.647. The number of hydrogen-bond donors (Lipinski definition) is 2. The van der Waals surface area contributed by atoms with Crippen molar-refractivity contribution < 1.29 is 4.79 Å². The average Bonchev–Trinajstić information content (AvgIpc) is 2.92.